The highest BCUT2D eigenvalue weighted by Gasteiger charge is 2.31. The van der Waals surface area contributed by atoms with Crippen LogP contribution < -0.4 is 10.1 Å². The van der Waals surface area contributed by atoms with E-state index < -0.39 is 17.6 Å². The smallest absolute Gasteiger partial charge is 0.416 e. The van der Waals surface area contributed by atoms with Crippen LogP contribution in [0.4, 0.5) is 18.9 Å². The van der Waals surface area contributed by atoms with Crippen LogP contribution in [0.2, 0.25) is 5.02 Å². The zero-order valence-electron chi connectivity index (χ0n) is 11.7. The second kappa shape index (κ2) is 6.37. The number of aromatic hydroxyl groups is 1. The highest BCUT2D eigenvalue weighted by molar-refractivity contribution is 6.34. The fourth-order valence-corrected chi connectivity index (χ4v) is 1.98. The summed E-state index contributed by atoms with van der Waals surface area (Å²) in [4.78, 5) is 12.1. The van der Waals surface area contributed by atoms with Crippen LogP contribution in [0.3, 0.4) is 0 Å². The SMILES string of the molecule is COc1ccc(O)c(C(=O)Nc2cc(C(F)(F)F)ccc2Cl)c1. The van der Waals surface area contributed by atoms with Gasteiger partial charge in [-0.3, -0.25) is 4.79 Å². The van der Waals surface area contributed by atoms with Gasteiger partial charge in [0.05, 0.1) is 28.9 Å². The molecule has 8 heteroatoms. The summed E-state index contributed by atoms with van der Waals surface area (Å²) in [5.74, 6) is -0.850. The fourth-order valence-electron chi connectivity index (χ4n) is 1.81. The average Bonchev–Trinajstić information content (AvgIpc) is 2.48. The van der Waals surface area contributed by atoms with E-state index in [0.29, 0.717) is 5.75 Å². The number of phenols is 1. The molecule has 2 aromatic carbocycles. The third kappa shape index (κ3) is 3.87. The highest BCUT2D eigenvalue weighted by atomic mass is 35.5. The van der Waals surface area contributed by atoms with Gasteiger partial charge in [0.1, 0.15) is 11.5 Å². The summed E-state index contributed by atoms with van der Waals surface area (Å²) >= 11 is 5.81. The molecule has 0 atom stereocenters. The van der Waals surface area contributed by atoms with Gasteiger partial charge < -0.3 is 15.2 Å². The summed E-state index contributed by atoms with van der Waals surface area (Å²) < 4.78 is 43.1. The molecule has 0 saturated carbocycles. The lowest BCUT2D eigenvalue weighted by atomic mass is 10.1. The van der Waals surface area contributed by atoms with Gasteiger partial charge in [0.25, 0.3) is 5.91 Å². The lowest BCUT2D eigenvalue weighted by Gasteiger charge is -2.12. The lowest BCUT2D eigenvalue weighted by molar-refractivity contribution is -0.137. The first kappa shape index (κ1) is 17.0. The minimum atomic E-state index is -4.57. The number of hydrogen-bond acceptors (Lipinski definition) is 3. The van der Waals surface area contributed by atoms with Gasteiger partial charge in [-0.05, 0) is 36.4 Å². The molecule has 0 aromatic heterocycles. The van der Waals surface area contributed by atoms with Gasteiger partial charge in [0, 0.05) is 0 Å². The third-order valence-corrected chi connectivity index (χ3v) is 3.32. The van der Waals surface area contributed by atoms with E-state index >= 15 is 0 Å². The molecule has 0 aliphatic heterocycles. The standard InChI is InChI=1S/C15H11ClF3NO3/c1-23-9-3-5-13(21)10(7-9)14(22)20-12-6-8(15(17,18)19)2-4-11(12)16/h2-7,21H,1H3,(H,20,22). The number of carbonyl (C=O) groups excluding carboxylic acids is 1. The van der Waals surface area contributed by atoms with E-state index in [2.05, 4.69) is 5.32 Å². The summed E-state index contributed by atoms with van der Waals surface area (Å²) in [5, 5.41) is 11.9. The van der Waals surface area contributed by atoms with Crippen molar-refractivity contribution < 1.29 is 27.8 Å². The number of methoxy groups -OCH3 is 1. The number of phenolic OH excluding ortho intramolecular Hbond substituents is 1. The number of hydrogen-bond donors (Lipinski definition) is 2. The van der Waals surface area contributed by atoms with E-state index in [1.165, 1.54) is 25.3 Å². The van der Waals surface area contributed by atoms with Gasteiger partial charge in [-0.15, -0.1) is 0 Å². The topological polar surface area (TPSA) is 58.6 Å². The van der Waals surface area contributed by atoms with Crippen LogP contribution in [-0.2, 0) is 6.18 Å². The summed E-state index contributed by atoms with van der Waals surface area (Å²) in [7, 11) is 1.37. The summed E-state index contributed by atoms with van der Waals surface area (Å²) in [6, 6.07) is 6.49. The average molecular weight is 346 g/mol. The molecule has 0 saturated heterocycles. The molecule has 0 radical (unpaired) electrons. The Morgan fingerprint density at radius 1 is 1.22 bits per heavy atom. The molecule has 1 amide bonds. The lowest BCUT2D eigenvalue weighted by Crippen LogP contribution is -2.14. The maximum Gasteiger partial charge on any atom is 0.416 e. The molecule has 2 rings (SSSR count). The molecule has 23 heavy (non-hydrogen) atoms. The molecule has 0 fully saturated rings. The quantitative estimate of drug-likeness (QED) is 0.870. The van der Waals surface area contributed by atoms with E-state index in [4.69, 9.17) is 16.3 Å². The molecule has 0 aliphatic carbocycles. The summed E-state index contributed by atoms with van der Waals surface area (Å²) in [6.07, 6.45) is -4.57. The Kier molecular flexibility index (Phi) is 4.70. The van der Waals surface area contributed by atoms with Crippen molar-refractivity contribution in [3.8, 4) is 11.5 Å². The molecule has 4 nitrogen and oxygen atoms in total. The Labute approximate surface area is 134 Å². The Morgan fingerprint density at radius 3 is 2.52 bits per heavy atom. The predicted molar refractivity (Wildman–Crippen MR) is 79.1 cm³/mol. The molecule has 2 aromatic rings. The predicted octanol–water partition coefficient (Wildman–Crippen LogP) is 4.33. The minimum absolute atomic E-state index is 0.0614. The number of benzene rings is 2. The molecule has 2 N–H and O–H groups in total. The van der Waals surface area contributed by atoms with Crippen molar-refractivity contribution in [1.82, 2.24) is 0 Å². The van der Waals surface area contributed by atoms with Crippen LogP contribution in [-0.4, -0.2) is 18.1 Å². The number of alkyl halides is 3. The molecule has 0 unspecified atom stereocenters. The Hall–Kier alpha value is -2.41. The van der Waals surface area contributed by atoms with Crippen LogP contribution in [0.25, 0.3) is 0 Å². The van der Waals surface area contributed by atoms with Crippen molar-refractivity contribution in [2.45, 2.75) is 6.18 Å². The number of amides is 1. The number of nitrogens with one attached hydrogen (secondary N) is 1. The summed E-state index contributed by atoms with van der Waals surface area (Å²) in [5.41, 5.74) is -1.32. The van der Waals surface area contributed by atoms with E-state index in [1.54, 1.807) is 0 Å². The van der Waals surface area contributed by atoms with Gasteiger partial charge >= 0.3 is 6.18 Å². The number of anilines is 1. The van der Waals surface area contributed by atoms with E-state index in [-0.39, 0.29) is 22.0 Å². The number of halogens is 4. The zero-order chi connectivity index (χ0) is 17.2. The summed E-state index contributed by atoms with van der Waals surface area (Å²) in [6.45, 7) is 0. The maximum absolute atomic E-state index is 12.7. The first-order chi connectivity index (χ1) is 10.7. The number of carbonyl (C=O) groups is 1. The minimum Gasteiger partial charge on any atom is -0.507 e. The Bertz CT molecular complexity index is 747. The first-order valence-electron chi connectivity index (χ1n) is 6.27. The van der Waals surface area contributed by atoms with Crippen molar-refractivity contribution in [3.63, 3.8) is 0 Å². The van der Waals surface area contributed by atoms with Crippen LogP contribution in [0.15, 0.2) is 36.4 Å². The van der Waals surface area contributed by atoms with Crippen molar-refractivity contribution in [1.29, 1.82) is 0 Å². The molecular weight excluding hydrogens is 335 g/mol. The molecule has 0 bridgehead atoms. The van der Waals surface area contributed by atoms with Crippen molar-refractivity contribution >= 4 is 23.2 Å². The van der Waals surface area contributed by atoms with E-state index in [9.17, 15) is 23.1 Å². The molecule has 0 aliphatic rings. The van der Waals surface area contributed by atoms with Gasteiger partial charge in [-0.25, -0.2) is 0 Å². The van der Waals surface area contributed by atoms with Gasteiger partial charge in [-0.2, -0.15) is 13.2 Å². The normalized spacial score (nSPS) is 11.2. The van der Waals surface area contributed by atoms with E-state index in [1.807, 2.05) is 0 Å². The van der Waals surface area contributed by atoms with Gasteiger partial charge in [-0.1, -0.05) is 11.6 Å². The Balaban J connectivity index is 2.34. The van der Waals surface area contributed by atoms with Gasteiger partial charge in [0.2, 0.25) is 0 Å². The van der Waals surface area contributed by atoms with Crippen molar-refractivity contribution in [3.05, 3.63) is 52.5 Å². The zero-order valence-corrected chi connectivity index (χ0v) is 12.5. The van der Waals surface area contributed by atoms with Crippen LogP contribution in [0, 0.1) is 0 Å². The number of rotatable bonds is 3. The molecular formula is C15H11ClF3NO3. The third-order valence-electron chi connectivity index (χ3n) is 2.99. The monoisotopic (exact) mass is 345 g/mol. The van der Waals surface area contributed by atoms with Crippen LogP contribution in [0.5, 0.6) is 11.5 Å². The highest BCUT2D eigenvalue weighted by Crippen LogP contribution is 2.34. The van der Waals surface area contributed by atoms with E-state index in [0.717, 1.165) is 18.2 Å². The van der Waals surface area contributed by atoms with Crippen LogP contribution >= 0.6 is 11.6 Å². The molecule has 0 heterocycles. The largest absolute Gasteiger partial charge is 0.507 e. The second-order valence-corrected chi connectivity index (χ2v) is 4.94. The van der Waals surface area contributed by atoms with Crippen LogP contribution in [0.1, 0.15) is 15.9 Å². The van der Waals surface area contributed by atoms with Gasteiger partial charge in [0.15, 0.2) is 0 Å². The molecule has 122 valence electrons. The second-order valence-electron chi connectivity index (χ2n) is 4.53. The number of ether oxygens (including phenoxy) is 1. The molecule has 0 spiro atoms. The first-order valence-corrected chi connectivity index (χ1v) is 6.65. The Morgan fingerprint density at radius 2 is 1.91 bits per heavy atom. The maximum atomic E-state index is 12.7. The fraction of sp³-hybridized carbons (Fsp3) is 0.133. The van der Waals surface area contributed by atoms with Crippen molar-refractivity contribution in [2.24, 2.45) is 0 Å². The van der Waals surface area contributed by atoms with Crippen molar-refractivity contribution in [2.75, 3.05) is 12.4 Å².